The number of benzene rings is 3. The fraction of sp³-hybridized carbons (Fsp3) is 0.296. The van der Waals surface area contributed by atoms with Gasteiger partial charge in [0.2, 0.25) is 6.29 Å². The number of carbonyl (C=O) groups excluding carboxylic acids is 1. The van der Waals surface area contributed by atoms with Crippen LogP contribution in [-0.4, -0.2) is 63.7 Å². The molecule has 9 nitrogen and oxygen atoms in total. The van der Waals surface area contributed by atoms with E-state index in [2.05, 4.69) is 0 Å². The Kier molecular flexibility index (Phi) is 8.52. The van der Waals surface area contributed by atoms with E-state index in [4.69, 9.17) is 18.9 Å². The highest BCUT2D eigenvalue weighted by molar-refractivity contribution is 5.89. The van der Waals surface area contributed by atoms with Gasteiger partial charge in [0.25, 0.3) is 0 Å². The van der Waals surface area contributed by atoms with Crippen molar-refractivity contribution >= 4 is 5.97 Å². The molecule has 0 spiro atoms. The van der Waals surface area contributed by atoms with Crippen molar-refractivity contribution in [3.05, 3.63) is 95.6 Å². The molecular weight excluding hydrogens is 468 g/mol. The molecule has 0 unspecified atom stereocenters. The van der Waals surface area contributed by atoms with Crippen molar-refractivity contribution in [2.24, 2.45) is 0 Å². The molecule has 0 aliphatic carbocycles. The lowest BCUT2D eigenvalue weighted by molar-refractivity contribution is -0.277. The average molecular weight is 497 g/mol. The number of hydrogen-bond acceptors (Lipinski definition) is 9. The Labute approximate surface area is 208 Å². The molecule has 1 saturated heterocycles. The first-order valence-corrected chi connectivity index (χ1v) is 11.4. The van der Waals surface area contributed by atoms with Crippen LogP contribution in [0.5, 0.6) is 11.5 Å². The van der Waals surface area contributed by atoms with E-state index in [9.17, 15) is 25.2 Å². The van der Waals surface area contributed by atoms with E-state index in [1.807, 2.05) is 30.3 Å². The molecule has 0 radical (unpaired) electrons. The van der Waals surface area contributed by atoms with Crippen molar-refractivity contribution in [3.8, 4) is 11.5 Å². The molecule has 0 bridgehead atoms. The second-order valence-electron chi connectivity index (χ2n) is 8.30. The van der Waals surface area contributed by atoms with Gasteiger partial charge in [-0.05, 0) is 35.9 Å². The predicted octanol–water partition coefficient (Wildman–Crippen LogP) is 1.80. The summed E-state index contributed by atoms with van der Waals surface area (Å²) < 4.78 is 22.4. The molecule has 9 heteroatoms. The van der Waals surface area contributed by atoms with Gasteiger partial charge in [0, 0.05) is 5.56 Å². The zero-order valence-electron chi connectivity index (χ0n) is 19.3. The first kappa shape index (κ1) is 25.6. The molecule has 3 aromatic rings. The largest absolute Gasteiger partial charge is 0.489 e. The van der Waals surface area contributed by atoms with Gasteiger partial charge in [0.15, 0.2) is 0 Å². The van der Waals surface area contributed by atoms with Crippen LogP contribution in [0.2, 0.25) is 0 Å². The number of esters is 1. The van der Waals surface area contributed by atoms with E-state index in [1.54, 1.807) is 48.5 Å². The number of ether oxygens (including phenoxy) is 4. The fourth-order valence-corrected chi connectivity index (χ4v) is 3.72. The van der Waals surface area contributed by atoms with Gasteiger partial charge < -0.3 is 39.4 Å². The van der Waals surface area contributed by atoms with Crippen LogP contribution in [0.1, 0.15) is 21.5 Å². The van der Waals surface area contributed by atoms with Crippen molar-refractivity contribution < 1.29 is 44.2 Å². The molecular formula is C27H28O9. The van der Waals surface area contributed by atoms with Crippen LogP contribution >= 0.6 is 0 Å². The SMILES string of the molecule is O=C(OC[C@H]1O[C@@H](Oc2ccc(OCc3ccccc3)cc2CO)[C@H](O)[C@@H](O)[C@@H]1O)c1ccccc1. The molecule has 0 amide bonds. The zero-order chi connectivity index (χ0) is 25.5. The summed E-state index contributed by atoms with van der Waals surface area (Å²) in [6.07, 6.45) is -7.29. The summed E-state index contributed by atoms with van der Waals surface area (Å²) in [7, 11) is 0. The molecule has 1 fully saturated rings. The Balaban J connectivity index is 1.40. The monoisotopic (exact) mass is 496 g/mol. The van der Waals surface area contributed by atoms with E-state index in [-0.39, 0.29) is 19.0 Å². The summed E-state index contributed by atoms with van der Waals surface area (Å²) in [6.45, 7) is -0.425. The Hall–Kier alpha value is -3.47. The normalized spacial score (nSPS) is 23.6. The van der Waals surface area contributed by atoms with E-state index in [0.717, 1.165) is 5.56 Å². The average Bonchev–Trinajstić information content (AvgIpc) is 2.92. The number of aliphatic hydroxyl groups excluding tert-OH is 4. The van der Waals surface area contributed by atoms with Gasteiger partial charge in [-0.25, -0.2) is 4.79 Å². The van der Waals surface area contributed by atoms with Gasteiger partial charge in [-0.15, -0.1) is 0 Å². The summed E-state index contributed by atoms with van der Waals surface area (Å²) >= 11 is 0. The van der Waals surface area contributed by atoms with Gasteiger partial charge >= 0.3 is 5.97 Å². The van der Waals surface area contributed by atoms with Crippen LogP contribution in [0.4, 0.5) is 0 Å². The minimum absolute atomic E-state index is 0.192. The van der Waals surface area contributed by atoms with Crippen molar-refractivity contribution in [3.63, 3.8) is 0 Å². The van der Waals surface area contributed by atoms with Crippen molar-refractivity contribution in [1.29, 1.82) is 0 Å². The van der Waals surface area contributed by atoms with Gasteiger partial charge in [0.1, 0.15) is 49.1 Å². The first-order chi connectivity index (χ1) is 17.5. The molecule has 1 aliphatic heterocycles. The predicted molar refractivity (Wildman–Crippen MR) is 127 cm³/mol. The van der Waals surface area contributed by atoms with Crippen molar-refractivity contribution in [1.82, 2.24) is 0 Å². The topological polar surface area (TPSA) is 135 Å². The van der Waals surface area contributed by atoms with Crippen LogP contribution in [-0.2, 0) is 22.7 Å². The molecule has 36 heavy (non-hydrogen) atoms. The lowest BCUT2D eigenvalue weighted by Crippen LogP contribution is -2.60. The van der Waals surface area contributed by atoms with Crippen LogP contribution in [0, 0.1) is 0 Å². The summed E-state index contributed by atoms with van der Waals surface area (Å²) in [4.78, 5) is 12.2. The number of rotatable bonds is 9. The lowest BCUT2D eigenvalue weighted by Gasteiger charge is -2.40. The van der Waals surface area contributed by atoms with Crippen LogP contribution < -0.4 is 9.47 Å². The molecule has 4 N–H and O–H groups in total. The second-order valence-corrected chi connectivity index (χ2v) is 8.30. The summed E-state index contributed by atoms with van der Waals surface area (Å²) in [5.41, 5.74) is 1.66. The number of aliphatic hydroxyl groups is 4. The van der Waals surface area contributed by atoms with E-state index in [0.29, 0.717) is 23.5 Å². The Morgan fingerprint density at radius 1 is 0.861 bits per heavy atom. The smallest absolute Gasteiger partial charge is 0.338 e. The minimum Gasteiger partial charge on any atom is -0.489 e. The van der Waals surface area contributed by atoms with Crippen LogP contribution in [0.25, 0.3) is 0 Å². The van der Waals surface area contributed by atoms with Gasteiger partial charge in [-0.1, -0.05) is 48.5 Å². The molecule has 4 rings (SSSR count). The van der Waals surface area contributed by atoms with Crippen molar-refractivity contribution in [2.45, 2.75) is 43.9 Å². The van der Waals surface area contributed by atoms with Crippen molar-refractivity contribution in [2.75, 3.05) is 6.61 Å². The molecule has 3 aromatic carbocycles. The number of hydrogen-bond donors (Lipinski definition) is 4. The highest BCUT2D eigenvalue weighted by atomic mass is 16.7. The van der Waals surface area contributed by atoms with E-state index >= 15 is 0 Å². The molecule has 0 saturated carbocycles. The fourth-order valence-electron chi connectivity index (χ4n) is 3.72. The van der Waals surface area contributed by atoms with Crippen LogP contribution in [0.3, 0.4) is 0 Å². The van der Waals surface area contributed by atoms with E-state index in [1.165, 1.54) is 0 Å². The van der Waals surface area contributed by atoms with Gasteiger partial charge in [-0.3, -0.25) is 0 Å². The maximum Gasteiger partial charge on any atom is 0.338 e. The lowest BCUT2D eigenvalue weighted by atomic mass is 9.99. The molecule has 1 heterocycles. The minimum atomic E-state index is -1.62. The maximum absolute atomic E-state index is 12.2. The third kappa shape index (κ3) is 6.20. The maximum atomic E-state index is 12.2. The Morgan fingerprint density at radius 3 is 2.25 bits per heavy atom. The molecule has 1 aliphatic rings. The zero-order valence-corrected chi connectivity index (χ0v) is 19.3. The number of carbonyl (C=O) groups is 1. The molecule has 0 aromatic heterocycles. The van der Waals surface area contributed by atoms with Gasteiger partial charge in [-0.2, -0.15) is 0 Å². The molecule has 5 atom stereocenters. The van der Waals surface area contributed by atoms with Crippen LogP contribution in [0.15, 0.2) is 78.9 Å². The van der Waals surface area contributed by atoms with E-state index < -0.39 is 36.7 Å². The third-order valence-electron chi connectivity index (χ3n) is 5.75. The quantitative estimate of drug-likeness (QED) is 0.327. The summed E-state index contributed by atoms with van der Waals surface area (Å²) in [5, 5.41) is 40.9. The molecule has 190 valence electrons. The Bertz CT molecular complexity index is 1120. The highest BCUT2D eigenvalue weighted by Gasteiger charge is 2.45. The van der Waals surface area contributed by atoms with Gasteiger partial charge in [0.05, 0.1) is 12.2 Å². The standard InChI is InChI=1S/C27H28O9/c28-14-19-13-20(33-15-17-7-3-1-4-8-17)11-12-21(19)35-27-25(31)24(30)23(29)22(36-27)16-34-26(32)18-9-5-2-6-10-18/h1-13,22-25,27-31H,14-16H2/t22-,23-,24+,25-,27-/m1/s1. The second kappa shape index (κ2) is 12.0. The summed E-state index contributed by atoms with van der Waals surface area (Å²) in [5.74, 6) is 0.0666. The first-order valence-electron chi connectivity index (χ1n) is 11.4. The highest BCUT2D eigenvalue weighted by Crippen LogP contribution is 2.30. The Morgan fingerprint density at radius 2 is 1.56 bits per heavy atom. The summed E-state index contributed by atoms with van der Waals surface area (Å²) in [6, 6.07) is 22.6. The third-order valence-corrected chi connectivity index (χ3v) is 5.75.